The predicted octanol–water partition coefficient (Wildman–Crippen LogP) is 0.963. The molecule has 0 radical (unpaired) electrons. The molecule has 1 aromatic rings. The van der Waals surface area contributed by atoms with Gasteiger partial charge < -0.3 is 20.1 Å². The Balaban J connectivity index is 1.56. The molecule has 2 heterocycles. The highest BCUT2D eigenvalue weighted by Gasteiger charge is 2.34. The fraction of sp³-hybridized carbons (Fsp3) is 0.588. The summed E-state index contributed by atoms with van der Waals surface area (Å²) in [5, 5.41) is 0. The van der Waals surface area contributed by atoms with Crippen molar-refractivity contribution >= 4 is 5.91 Å². The highest BCUT2D eigenvalue weighted by molar-refractivity contribution is 5.82. The van der Waals surface area contributed by atoms with Crippen LogP contribution in [0.15, 0.2) is 30.3 Å². The van der Waals surface area contributed by atoms with E-state index in [0.717, 1.165) is 25.0 Å². The summed E-state index contributed by atoms with van der Waals surface area (Å²) in [5.74, 6) is 0.00940. The van der Waals surface area contributed by atoms with E-state index in [2.05, 4.69) is 0 Å². The summed E-state index contributed by atoms with van der Waals surface area (Å²) in [7, 11) is 0. The monoisotopic (exact) mass is 304 g/mol. The van der Waals surface area contributed by atoms with Crippen molar-refractivity contribution in [2.24, 2.45) is 5.73 Å². The number of carbonyl (C=O) groups is 1. The molecule has 0 aliphatic carbocycles. The first kappa shape index (κ1) is 15.5. The average molecular weight is 304 g/mol. The van der Waals surface area contributed by atoms with Crippen LogP contribution in [0.1, 0.15) is 18.4 Å². The fourth-order valence-electron chi connectivity index (χ4n) is 3.19. The molecule has 0 spiro atoms. The van der Waals surface area contributed by atoms with Gasteiger partial charge in [0.25, 0.3) is 0 Å². The Kier molecular flexibility index (Phi) is 5.08. The largest absolute Gasteiger partial charge is 0.375 e. The van der Waals surface area contributed by atoms with Crippen molar-refractivity contribution in [2.75, 3.05) is 26.3 Å². The van der Waals surface area contributed by atoms with Gasteiger partial charge in [-0.15, -0.1) is 0 Å². The standard InChI is InChI=1S/C17H24N2O3/c18-14(11-13-5-2-1-3-6-13)17(20)19-8-10-22-16(12-19)15-7-4-9-21-15/h1-3,5-6,14-16H,4,7-12,18H2/t14-,15-,16-/m1/s1. The van der Waals surface area contributed by atoms with Gasteiger partial charge in [-0.2, -0.15) is 0 Å². The smallest absolute Gasteiger partial charge is 0.239 e. The highest BCUT2D eigenvalue weighted by atomic mass is 16.5. The third kappa shape index (κ3) is 3.66. The van der Waals surface area contributed by atoms with E-state index in [9.17, 15) is 4.79 Å². The van der Waals surface area contributed by atoms with Gasteiger partial charge in [-0.25, -0.2) is 0 Å². The number of benzene rings is 1. The molecule has 2 saturated heterocycles. The molecule has 0 saturated carbocycles. The minimum Gasteiger partial charge on any atom is -0.375 e. The summed E-state index contributed by atoms with van der Waals surface area (Å²) in [6.07, 6.45) is 2.78. The lowest BCUT2D eigenvalue weighted by molar-refractivity contribution is -0.146. The zero-order valence-electron chi connectivity index (χ0n) is 12.8. The quantitative estimate of drug-likeness (QED) is 0.900. The number of amides is 1. The Hall–Kier alpha value is -1.43. The van der Waals surface area contributed by atoms with E-state index in [-0.39, 0.29) is 18.1 Å². The van der Waals surface area contributed by atoms with Gasteiger partial charge in [-0.1, -0.05) is 30.3 Å². The third-order valence-corrected chi connectivity index (χ3v) is 4.40. The first-order valence-corrected chi connectivity index (χ1v) is 8.05. The summed E-state index contributed by atoms with van der Waals surface area (Å²) < 4.78 is 11.5. The van der Waals surface area contributed by atoms with Gasteiger partial charge in [0.2, 0.25) is 5.91 Å². The van der Waals surface area contributed by atoms with Gasteiger partial charge in [-0.05, 0) is 24.8 Å². The maximum absolute atomic E-state index is 12.6. The molecule has 2 N–H and O–H groups in total. The van der Waals surface area contributed by atoms with Crippen molar-refractivity contribution in [3.8, 4) is 0 Å². The highest BCUT2D eigenvalue weighted by Crippen LogP contribution is 2.21. The summed E-state index contributed by atoms with van der Waals surface area (Å²) in [4.78, 5) is 14.4. The normalized spacial score (nSPS) is 26.9. The molecule has 2 fully saturated rings. The molecule has 120 valence electrons. The lowest BCUT2D eigenvalue weighted by Crippen LogP contribution is -2.54. The second kappa shape index (κ2) is 7.22. The van der Waals surface area contributed by atoms with Gasteiger partial charge in [0.1, 0.15) is 6.10 Å². The lowest BCUT2D eigenvalue weighted by Gasteiger charge is -2.36. The van der Waals surface area contributed by atoms with Crippen molar-refractivity contribution in [1.82, 2.24) is 4.90 Å². The van der Waals surface area contributed by atoms with Gasteiger partial charge in [-0.3, -0.25) is 4.79 Å². The van der Waals surface area contributed by atoms with Gasteiger partial charge >= 0.3 is 0 Å². The van der Waals surface area contributed by atoms with Crippen LogP contribution in [0.5, 0.6) is 0 Å². The molecule has 0 unspecified atom stereocenters. The maximum atomic E-state index is 12.6. The SMILES string of the molecule is N[C@H](Cc1ccccc1)C(=O)N1CCO[C@@H]([C@H]2CCCO2)C1. The molecule has 22 heavy (non-hydrogen) atoms. The third-order valence-electron chi connectivity index (χ3n) is 4.40. The van der Waals surface area contributed by atoms with Crippen LogP contribution in [0.25, 0.3) is 0 Å². The number of morpholine rings is 1. The van der Waals surface area contributed by atoms with Crippen molar-refractivity contribution in [2.45, 2.75) is 37.5 Å². The molecule has 5 heteroatoms. The first-order valence-electron chi connectivity index (χ1n) is 8.05. The van der Waals surface area contributed by atoms with Crippen LogP contribution >= 0.6 is 0 Å². The van der Waals surface area contributed by atoms with E-state index in [1.165, 1.54) is 0 Å². The molecule has 2 aliphatic heterocycles. The predicted molar refractivity (Wildman–Crippen MR) is 83.4 cm³/mol. The second-order valence-corrected chi connectivity index (χ2v) is 6.04. The molecular weight excluding hydrogens is 280 g/mol. The second-order valence-electron chi connectivity index (χ2n) is 6.04. The zero-order valence-corrected chi connectivity index (χ0v) is 12.8. The Morgan fingerprint density at radius 1 is 1.23 bits per heavy atom. The number of nitrogens with zero attached hydrogens (tertiary/aromatic N) is 1. The molecule has 3 rings (SSSR count). The maximum Gasteiger partial charge on any atom is 0.239 e. The molecule has 2 aliphatic rings. The van der Waals surface area contributed by atoms with Crippen LogP contribution in [0.2, 0.25) is 0 Å². The molecule has 0 aromatic heterocycles. The Morgan fingerprint density at radius 2 is 2.00 bits per heavy atom. The average Bonchev–Trinajstić information content (AvgIpc) is 3.10. The zero-order chi connectivity index (χ0) is 15.4. The van der Waals surface area contributed by atoms with Gasteiger partial charge in [0.05, 0.1) is 18.8 Å². The van der Waals surface area contributed by atoms with E-state index in [4.69, 9.17) is 15.2 Å². The van der Waals surface area contributed by atoms with E-state index in [1.807, 2.05) is 35.2 Å². The minimum absolute atomic E-state index is 0.00940. The Bertz CT molecular complexity index is 488. The lowest BCUT2D eigenvalue weighted by atomic mass is 10.0. The number of rotatable bonds is 4. The Labute approximate surface area is 131 Å². The number of nitrogens with two attached hydrogens (primary N) is 1. The number of carbonyl (C=O) groups excluding carboxylic acids is 1. The number of hydrogen-bond donors (Lipinski definition) is 1. The summed E-state index contributed by atoms with van der Waals surface area (Å²) in [5.41, 5.74) is 7.21. The molecule has 5 nitrogen and oxygen atoms in total. The molecule has 3 atom stereocenters. The van der Waals surface area contributed by atoms with Crippen LogP contribution in [0.3, 0.4) is 0 Å². The minimum atomic E-state index is -0.495. The van der Waals surface area contributed by atoms with Crippen LogP contribution in [-0.2, 0) is 20.7 Å². The fourth-order valence-corrected chi connectivity index (χ4v) is 3.19. The molecule has 1 amide bonds. The Morgan fingerprint density at radius 3 is 2.73 bits per heavy atom. The van der Waals surface area contributed by atoms with Crippen molar-refractivity contribution in [3.05, 3.63) is 35.9 Å². The van der Waals surface area contributed by atoms with Gasteiger partial charge in [0.15, 0.2) is 0 Å². The molecule has 1 aromatic carbocycles. The van der Waals surface area contributed by atoms with Crippen molar-refractivity contribution in [3.63, 3.8) is 0 Å². The van der Waals surface area contributed by atoms with Crippen molar-refractivity contribution in [1.29, 1.82) is 0 Å². The van der Waals surface area contributed by atoms with Crippen molar-refractivity contribution < 1.29 is 14.3 Å². The van der Waals surface area contributed by atoms with E-state index < -0.39 is 6.04 Å². The molecule has 0 bridgehead atoms. The molecular formula is C17H24N2O3. The summed E-state index contributed by atoms with van der Waals surface area (Å²) in [6.45, 7) is 2.57. The van der Waals surface area contributed by atoms with E-state index >= 15 is 0 Å². The number of ether oxygens (including phenoxy) is 2. The van der Waals surface area contributed by atoms with Crippen LogP contribution < -0.4 is 5.73 Å². The van der Waals surface area contributed by atoms with E-state index in [1.54, 1.807) is 0 Å². The number of hydrogen-bond acceptors (Lipinski definition) is 4. The van der Waals surface area contributed by atoms with Crippen LogP contribution in [-0.4, -0.2) is 55.4 Å². The first-order chi connectivity index (χ1) is 10.7. The summed E-state index contributed by atoms with van der Waals surface area (Å²) in [6, 6.07) is 9.41. The van der Waals surface area contributed by atoms with E-state index in [0.29, 0.717) is 26.1 Å². The van der Waals surface area contributed by atoms with Crippen LogP contribution in [0.4, 0.5) is 0 Å². The topological polar surface area (TPSA) is 64.8 Å². The van der Waals surface area contributed by atoms with Crippen LogP contribution in [0, 0.1) is 0 Å². The van der Waals surface area contributed by atoms with Gasteiger partial charge in [0, 0.05) is 19.7 Å². The summed E-state index contributed by atoms with van der Waals surface area (Å²) >= 11 is 0.